The van der Waals surface area contributed by atoms with Gasteiger partial charge in [0.05, 0.1) is 0 Å². The number of carbonyl (C=O) groups excluding carboxylic acids is 1. The molecule has 17 heavy (non-hydrogen) atoms. The lowest BCUT2D eigenvalue weighted by Crippen LogP contribution is -2.62. The summed E-state index contributed by atoms with van der Waals surface area (Å²) in [4.78, 5) is 24.8. The molecule has 2 aliphatic rings. The number of amides is 2. The van der Waals surface area contributed by atoms with Gasteiger partial charge in [-0.3, -0.25) is 4.79 Å². The van der Waals surface area contributed by atoms with Gasteiger partial charge in [0, 0.05) is 25.0 Å². The standard InChI is InChI=1S/C12H20N2O3/c1-12(2)8(7-9(12)13-11(16)17)10(15)14-5-3-4-6-14/h8-9,13H,3-7H2,1-2H3,(H,16,17)/t8-,9-/m1/s1. The van der Waals surface area contributed by atoms with Crippen LogP contribution in [0.15, 0.2) is 0 Å². The first-order valence-electron chi connectivity index (χ1n) is 6.21. The van der Waals surface area contributed by atoms with E-state index in [-0.39, 0.29) is 23.3 Å². The molecule has 1 aliphatic carbocycles. The summed E-state index contributed by atoms with van der Waals surface area (Å²) in [5.74, 6) is 0.174. The zero-order valence-corrected chi connectivity index (χ0v) is 10.4. The van der Waals surface area contributed by atoms with Crippen LogP contribution in [0.3, 0.4) is 0 Å². The first kappa shape index (κ1) is 12.2. The van der Waals surface area contributed by atoms with Gasteiger partial charge in [-0.2, -0.15) is 0 Å². The van der Waals surface area contributed by atoms with Crippen LogP contribution in [0.25, 0.3) is 0 Å². The second-order valence-corrected chi connectivity index (χ2v) is 5.64. The predicted molar refractivity (Wildman–Crippen MR) is 62.7 cm³/mol. The molecule has 5 nitrogen and oxygen atoms in total. The molecule has 1 heterocycles. The molecule has 96 valence electrons. The molecule has 2 amide bonds. The number of nitrogens with zero attached hydrogens (tertiary/aromatic N) is 1. The number of carboxylic acid groups (broad SMARTS) is 1. The van der Waals surface area contributed by atoms with Gasteiger partial charge in [0.1, 0.15) is 0 Å². The quantitative estimate of drug-likeness (QED) is 0.764. The van der Waals surface area contributed by atoms with Gasteiger partial charge in [0.2, 0.25) is 5.91 Å². The molecule has 1 aliphatic heterocycles. The Morgan fingerprint density at radius 1 is 1.29 bits per heavy atom. The Morgan fingerprint density at radius 3 is 2.35 bits per heavy atom. The average Bonchev–Trinajstić information content (AvgIpc) is 2.76. The molecule has 5 heteroatoms. The fourth-order valence-electron chi connectivity index (χ4n) is 2.90. The molecule has 0 bridgehead atoms. The molecule has 2 rings (SSSR count). The van der Waals surface area contributed by atoms with Gasteiger partial charge in [-0.1, -0.05) is 13.8 Å². The lowest BCUT2D eigenvalue weighted by atomic mass is 9.58. The van der Waals surface area contributed by atoms with Crippen molar-refractivity contribution in [1.29, 1.82) is 0 Å². The molecule has 0 aromatic heterocycles. The van der Waals surface area contributed by atoms with Crippen molar-refractivity contribution in [1.82, 2.24) is 10.2 Å². The SMILES string of the molecule is CC1(C)[C@@H](C(=O)N2CCCC2)C[C@H]1NC(=O)O. The molecule has 0 aromatic rings. The molecule has 0 unspecified atom stereocenters. The van der Waals surface area contributed by atoms with Gasteiger partial charge in [-0.15, -0.1) is 0 Å². The van der Waals surface area contributed by atoms with Crippen LogP contribution in [0.5, 0.6) is 0 Å². The third-order valence-corrected chi connectivity index (χ3v) is 4.28. The van der Waals surface area contributed by atoms with Crippen molar-refractivity contribution in [2.75, 3.05) is 13.1 Å². The van der Waals surface area contributed by atoms with E-state index in [0.717, 1.165) is 25.9 Å². The molecule has 2 atom stereocenters. The Morgan fingerprint density at radius 2 is 1.88 bits per heavy atom. The van der Waals surface area contributed by atoms with Crippen LogP contribution < -0.4 is 5.32 Å². The van der Waals surface area contributed by atoms with Crippen molar-refractivity contribution in [3.05, 3.63) is 0 Å². The first-order chi connectivity index (χ1) is 7.93. The monoisotopic (exact) mass is 240 g/mol. The van der Waals surface area contributed by atoms with Crippen molar-refractivity contribution < 1.29 is 14.7 Å². The largest absolute Gasteiger partial charge is 0.465 e. The zero-order chi connectivity index (χ0) is 12.6. The zero-order valence-electron chi connectivity index (χ0n) is 10.4. The van der Waals surface area contributed by atoms with Crippen molar-refractivity contribution in [3.63, 3.8) is 0 Å². The number of likely N-dealkylation sites (tertiary alicyclic amines) is 1. The summed E-state index contributed by atoms with van der Waals surface area (Å²) >= 11 is 0. The van der Waals surface area contributed by atoms with E-state index in [1.165, 1.54) is 0 Å². The highest BCUT2D eigenvalue weighted by Crippen LogP contribution is 2.47. The maximum Gasteiger partial charge on any atom is 0.404 e. The lowest BCUT2D eigenvalue weighted by molar-refractivity contribution is -0.147. The molecule has 1 saturated carbocycles. The summed E-state index contributed by atoms with van der Waals surface area (Å²) in [6.45, 7) is 5.66. The third-order valence-electron chi connectivity index (χ3n) is 4.28. The Labute approximate surface area is 101 Å². The van der Waals surface area contributed by atoms with Gasteiger partial charge in [0.15, 0.2) is 0 Å². The van der Waals surface area contributed by atoms with Crippen LogP contribution in [0.4, 0.5) is 4.79 Å². The molecular formula is C12H20N2O3. The molecule has 1 saturated heterocycles. The highest BCUT2D eigenvalue weighted by molar-refractivity contribution is 5.81. The van der Waals surface area contributed by atoms with Gasteiger partial charge >= 0.3 is 6.09 Å². The van der Waals surface area contributed by atoms with Gasteiger partial charge < -0.3 is 15.3 Å². The summed E-state index contributed by atoms with van der Waals surface area (Å²) in [5.41, 5.74) is -0.266. The van der Waals surface area contributed by atoms with Crippen LogP contribution >= 0.6 is 0 Å². The smallest absolute Gasteiger partial charge is 0.404 e. The number of nitrogens with one attached hydrogen (secondary N) is 1. The highest BCUT2D eigenvalue weighted by atomic mass is 16.4. The van der Waals surface area contributed by atoms with Crippen molar-refractivity contribution in [2.45, 2.75) is 39.2 Å². The number of hydrogen-bond acceptors (Lipinski definition) is 2. The van der Waals surface area contributed by atoms with Crippen molar-refractivity contribution >= 4 is 12.0 Å². The van der Waals surface area contributed by atoms with E-state index in [2.05, 4.69) is 5.32 Å². The first-order valence-corrected chi connectivity index (χ1v) is 6.21. The topological polar surface area (TPSA) is 69.6 Å². The van der Waals surface area contributed by atoms with Gasteiger partial charge in [-0.05, 0) is 24.7 Å². The summed E-state index contributed by atoms with van der Waals surface area (Å²) in [6.07, 6.45) is 1.81. The summed E-state index contributed by atoms with van der Waals surface area (Å²) in [7, 11) is 0. The Bertz CT molecular complexity index is 335. The van der Waals surface area contributed by atoms with E-state index < -0.39 is 6.09 Å². The summed E-state index contributed by atoms with van der Waals surface area (Å²) in [6, 6.07) is -0.100. The van der Waals surface area contributed by atoms with E-state index >= 15 is 0 Å². The molecule has 0 radical (unpaired) electrons. The average molecular weight is 240 g/mol. The van der Waals surface area contributed by atoms with Crippen LogP contribution in [0.2, 0.25) is 0 Å². The van der Waals surface area contributed by atoms with E-state index in [9.17, 15) is 9.59 Å². The predicted octanol–water partition coefficient (Wildman–Crippen LogP) is 1.29. The molecule has 2 fully saturated rings. The second kappa shape index (κ2) is 4.20. The number of rotatable bonds is 2. The number of carbonyl (C=O) groups is 2. The third kappa shape index (κ3) is 2.10. The van der Waals surface area contributed by atoms with E-state index in [1.807, 2.05) is 18.7 Å². The highest BCUT2D eigenvalue weighted by Gasteiger charge is 2.53. The van der Waals surface area contributed by atoms with E-state index in [4.69, 9.17) is 5.11 Å². The molecule has 0 spiro atoms. The fourth-order valence-corrected chi connectivity index (χ4v) is 2.90. The minimum absolute atomic E-state index is 0.0301. The molecule has 2 N–H and O–H groups in total. The van der Waals surface area contributed by atoms with Gasteiger partial charge in [-0.25, -0.2) is 4.79 Å². The maximum absolute atomic E-state index is 12.2. The Kier molecular flexibility index (Phi) is 3.02. The fraction of sp³-hybridized carbons (Fsp3) is 0.833. The maximum atomic E-state index is 12.2. The van der Waals surface area contributed by atoms with Crippen molar-refractivity contribution in [3.8, 4) is 0 Å². The second-order valence-electron chi connectivity index (χ2n) is 5.64. The van der Waals surface area contributed by atoms with Gasteiger partial charge in [0.25, 0.3) is 0 Å². The van der Waals surface area contributed by atoms with Crippen LogP contribution in [-0.2, 0) is 4.79 Å². The number of hydrogen-bond donors (Lipinski definition) is 2. The molecular weight excluding hydrogens is 220 g/mol. The lowest BCUT2D eigenvalue weighted by Gasteiger charge is -2.51. The van der Waals surface area contributed by atoms with Crippen LogP contribution in [0.1, 0.15) is 33.1 Å². The molecule has 0 aromatic carbocycles. The van der Waals surface area contributed by atoms with E-state index in [0.29, 0.717) is 6.42 Å². The minimum atomic E-state index is -1.00. The van der Waals surface area contributed by atoms with E-state index in [1.54, 1.807) is 0 Å². The van der Waals surface area contributed by atoms with Crippen molar-refractivity contribution in [2.24, 2.45) is 11.3 Å². The summed E-state index contributed by atoms with van der Waals surface area (Å²) in [5, 5.41) is 11.2. The normalized spacial score (nSPS) is 30.8. The van der Waals surface area contributed by atoms with Crippen LogP contribution in [-0.4, -0.2) is 41.1 Å². The van der Waals surface area contributed by atoms with Crippen LogP contribution in [0, 0.1) is 11.3 Å². The Hall–Kier alpha value is -1.26. The summed E-state index contributed by atoms with van der Waals surface area (Å²) < 4.78 is 0. The minimum Gasteiger partial charge on any atom is -0.465 e. The Balaban J connectivity index is 1.96.